The minimum Gasteiger partial charge on any atom is -0.481 e. The Hall–Kier alpha value is -0.930. The molecule has 2 amide bonds. The Morgan fingerprint density at radius 1 is 1.11 bits per heavy atom. The van der Waals surface area contributed by atoms with E-state index in [2.05, 4.69) is 42.5 Å². The summed E-state index contributed by atoms with van der Waals surface area (Å²) in [5, 5.41) is 13.2. The van der Waals surface area contributed by atoms with Gasteiger partial charge in [0.2, 0.25) is 0 Å². The maximum Gasteiger partial charge on any atom is 0.305 e. The first-order valence-corrected chi connectivity index (χ1v) is 6.83. The van der Waals surface area contributed by atoms with E-state index >= 15 is 0 Å². The van der Waals surface area contributed by atoms with Gasteiger partial charge in [0.25, 0.3) is 11.8 Å². The molecular weight excluding hydrogens is 388 g/mol. The van der Waals surface area contributed by atoms with Crippen LogP contribution in [0.15, 0.2) is 8.96 Å². The summed E-state index contributed by atoms with van der Waals surface area (Å²) < 4.78 is 5.14. The molecule has 0 rings (SSSR count). The number of hydrogen-bond acceptors (Lipinski definition) is 4. The van der Waals surface area contributed by atoms with Crippen molar-refractivity contribution in [3.05, 3.63) is 8.96 Å². The highest BCUT2D eigenvalue weighted by Gasteiger charge is 2.15. The number of carboxylic acids is 1. The maximum atomic E-state index is 11.6. The van der Waals surface area contributed by atoms with Gasteiger partial charge in [-0.25, -0.2) is 0 Å². The van der Waals surface area contributed by atoms with Crippen LogP contribution < -0.4 is 10.6 Å². The molecule has 3 N–H and O–H groups in total. The topological polar surface area (TPSA) is 105 Å². The number of amides is 2. The zero-order valence-corrected chi connectivity index (χ0v) is 13.3. The minimum atomic E-state index is -0.941. The molecule has 0 fully saturated rings. The largest absolute Gasteiger partial charge is 0.481 e. The lowest BCUT2D eigenvalue weighted by atomic mass is 10.4. The lowest BCUT2D eigenvalue weighted by Gasteiger charge is -2.06. The molecule has 9 heteroatoms. The lowest BCUT2D eigenvalue weighted by Crippen LogP contribution is -2.29. The molecule has 0 aliphatic heterocycles. The Morgan fingerprint density at radius 2 is 1.68 bits per heavy atom. The first-order valence-electron chi connectivity index (χ1n) is 5.25. The van der Waals surface area contributed by atoms with Crippen LogP contribution in [0.4, 0.5) is 0 Å². The molecule has 0 radical (unpaired) electrons. The van der Waals surface area contributed by atoms with E-state index in [0.29, 0.717) is 0 Å². The van der Waals surface area contributed by atoms with E-state index in [0.717, 1.165) is 0 Å². The van der Waals surface area contributed by atoms with E-state index in [1.165, 1.54) is 7.05 Å². The van der Waals surface area contributed by atoms with Gasteiger partial charge in [0.1, 0.15) is 8.96 Å². The molecule has 0 aromatic carbocycles. The molecule has 0 spiro atoms. The first-order chi connectivity index (χ1) is 8.90. The Labute approximate surface area is 127 Å². The summed E-state index contributed by atoms with van der Waals surface area (Å²) in [5.41, 5.74) is 0. The van der Waals surface area contributed by atoms with Crippen LogP contribution in [0.25, 0.3) is 0 Å². The molecule has 0 saturated heterocycles. The molecule has 0 atom stereocenters. The Kier molecular flexibility index (Phi) is 9.44. The van der Waals surface area contributed by atoms with Crippen molar-refractivity contribution in [3.8, 4) is 0 Å². The second-order valence-corrected chi connectivity index (χ2v) is 4.81. The molecule has 108 valence electrons. The third-order valence-corrected chi connectivity index (χ3v) is 3.86. The predicted molar refractivity (Wildman–Crippen MR) is 75.0 cm³/mol. The molecule has 0 unspecified atom stereocenters. The second-order valence-electron chi connectivity index (χ2n) is 3.22. The quantitative estimate of drug-likeness (QED) is 0.402. The fourth-order valence-electron chi connectivity index (χ4n) is 0.885. The number of nitrogens with one attached hydrogen (secondary N) is 2. The van der Waals surface area contributed by atoms with Gasteiger partial charge in [0.05, 0.1) is 19.6 Å². The lowest BCUT2D eigenvalue weighted by molar-refractivity contribution is -0.138. The Balaban J connectivity index is 3.98. The van der Waals surface area contributed by atoms with Gasteiger partial charge in [-0.15, -0.1) is 0 Å². The van der Waals surface area contributed by atoms with E-state index in [-0.39, 0.29) is 35.1 Å². The smallest absolute Gasteiger partial charge is 0.305 e. The molecular formula is C10H14Br2N2O5. The summed E-state index contributed by atoms with van der Waals surface area (Å²) in [6.45, 7) is 0.489. The fraction of sp³-hybridized carbons (Fsp3) is 0.500. The van der Waals surface area contributed by atoms with Crippen molar-refractivity contribution < 1.29 is 24.2 Å². The predicted octanol–water partition coefficient (Wildman–Crippen LogP) is 0.341. The van der Waals surface area contributed by atoms with Crippen LogP contribution in [0.2, 0.25) is 0 Å². The van der Waals surface area contributed by atoms with E-state index in [1.54, 1.807) is 0 Å². The number of rotatable bonds is 8. The summed E-state index contributed by atoms with van der Waals surface area (Å²) >= 11 is 5.98. The third kappa shape index (κ3) is 7.96. The van der Waals surface area contributed by atoms with Crippen molar-refractivity contribution in [2.75, 3.05) is 26.8 Å². The highest BCUT2D eigenvalue weighted by molar-refractivity contribution is 9.14. The summed E-state index contributed by atoms with van der Waals surface area (Å²) in [6, 6.07) is 0. The number of aliphatic carboxylic acids is 1. The SMILES string of the molecule is CNC(=O)/C(Br)=C(/Br)C(=O)NCCOCCC(=O)O. The molecule has 0 bridgehead atoms. The molecule has 0 aromatic rings. The van der Waals surface area contributed by atoms with Gasteiger partial charge in [-0.2, -0.15) is 0 Å². The standard InChI is InChI=1S/C10H14Br2N2O5/c1-13-9(17)7(11)8(12)10(18)14-3-5-19-4-2-6(15)16/h2-5H2,1H3,(H,13,17)(H,14,18)(H,15,16)/b8-7-. The van der Waals surface area contributed by atoms with Crippen LogP contribution in [-0.2, 0) is 19.1 Å². The number of likely N-dealkylation sites (N-methyl/N-ethyl adjacent to an activating group) is 1. The number of carbonyl (C=O) groups is 3. The molecule has 0 heterocycles. The number of carboxylic acid groups (broad SMARTS) is 1. The van der Waals surface area contributed by atoms with Crippen molar-refractivity contribution in [3.63, 3.8) is 0 Å². The molecule has 0 aromatic heterocycles. The second kappa shape index (κ2) is 9.93. The first kappa shape index (κ1) is 18.1. The number of hydrogen-bond donors (Lipinski definition) is 3. The van der Waals surface area contributed by atoms with E-state index < -0.39 is 17.8 Å². The van der Waals surface area contributed by atoms with Crippen LogP contribution in [0.3, 0.4) is 0 Å². The fourth-order valence-corrected chi connectivity index (χ4v) is 1.58. The van der Waals surface area contributed by atoms with Crippen molar-refractivity contribution in [2.45, 2.75) is 6.42 Å². The monoisotopic (exact) mass is 400 g/mol. The van der Waals surface area contributed by atoms with Crippen LogP contribution >= 0.6 is 31.9 Å². The normalized spacial score (nSPS) is 11.5. The molecule has 19 heavy (non-hydrogen) atoms. The highest BCUT2D eigenvalue weighted by Crippen LogP contribution is 2.17. The average Bonchev–Trinajstić information content (AvgIpc) is 2.39. The zero-order chi connectivity index (χ0) is 14.8. The molecule has 0 aliphatic rings. The van der Waals surface area contributed by atoms with Gasteiger partial charge < -0.3 is 20.5 Å². The van der Waals surface area contributed by atoms with E-state index in [1.807, 2.05) is 0 Å². The Morgan fingerprint density at radius 3 is 2.21 bits per heavy atom. The third-order valence-electron chi connectivity index (χ3n) is 1.81. The van der Waals surface area contributed by atoms with Crippen LogP contribution in [-0.4, -0.2) is 49.7 Å². The number of ether oxygens (including phenoxy) is 1. The summed E-state index contributed by atoms with van der Waals surface area (Å²) in [5.74, 6) is -1.85. The van der Waals surface area contributed by atoms with Crippen LogP contribution in [0.5, 0.6) is 0 Å². The van der Waals surface area contributed by atoms with Gasteiger partial charge in [-0.1, -0.05) is 0 Å². The summed E-state index contributed by atoms with van der Waals surface area (Å²) in [4.78, 5) is 33.0. The highest BCUT2D eigenvalue weighted by atomic mass is 79.9. The molecule has 7 nitrogen and oxygen atoms in total. The van der Waals surface area contributed by atoms with Crippen molar-refractivity contribution >= 4 is 49.6 Å². The van der Waals surface area contributed by atoms with Crippen molar-refractivity contribution in [1.82, 2.24) is 10.6 Å². The van der Waals surface area contributed by atoms with Crippen molar-refractivity contribution in [1.29, 1.82) is 0 Å². The van der Waals surface area contributed by atoms with E-state index in [4.69, 9.17) is 9.84 Å². The average molecular weight is 402 g/mol. The van der Waals surface area contributed by atoms with Crippen molar-refractivity contribution in [2.24, 2.45) is 0 Å². The number of carbonyl (C=O) groups excluding carboxylic acids is 2. The zero-order valence-electron chi connectivity index (χ0n) is 10.2. The van der Waals surface area contributed by atoms with Gasteiger partial charge >= 0.3 is 5.97 Å². The number of halogens is 2. The maximum absolute atomic E-state index is 11.6. The molecule has 0 saturated carbocycles. The Bertz CT molecular complexity index is 384. The van der Waals surface area contributed by atoms with E-state index in [9.17, 15) is 14.4 Å². The van der Waals surface area contributed by atoms with Gasteiger partial charge in [0.15, 0.2) is 0 Å². The molecule has 0 aliphatic carbocycles. The van der Waals surface area contributed by atoms with Crippen LogP contribution in [0.1, 0.15) is 6.42 Å². The van der Waals surface area contributed by atoms with Gasteiger partial charge in [-0.3, -0.25) is 14.4 Å². The van der Waals surface area contributed by atoms with Gasteiger partial charge in [-0.05, 0) is 31.9 Å². The minimum absolute atomic E-state index is 0.0670. The summed E-state index contributed by atoms with van der Waals surface area (Å²) in [7, 11) is 1.44. The van der Waals surface area contributed by atoms with Gasteiger partial charge in [0, 0.05) is 13.6 Å². The van der Waals surface area contributed by atoms with Crippen LogP contribution in [0, 0.1) is 0 Å². The summed E-state index contributed by atoms with van der Waals surface area (Å²) in [6.07, 6.45) is -0.0836.